The zero-order valence-electron chi connectivity index (χ0n) is 21.4. The largest absolute Gasteiger partial charge is 0.513 e. The number of amides is 2. The number of nitrogens with one attached hydrogen (secondary N) is 2. The van der Waals surface area contributed by atoms with Gasteiger partial charge in [0.25, 0.3) is 0 Å². The Balaban J connectivity index is 0.000000737. The van der Waals surface area contributed by atoms with E-state index in [2.05, 4.69) is 33.9 Å². The van der Waals surface area contributed by atoms with Crippen molar-refractivity contribution < 1.29 is 23.6 Å². The Morgan fingerprint density at radius 1 is 1.22 bits per heavy atom. The maximum atomic E-state index is 11.1. The van der Waals surface area contributed by atoms with Crippen LogP contribution in [0.4, 0.5) is 0 Å². The molecule has 9 nitrogen and oxygen atoms in total. The second-order valence-electron chi connectivity index (χ2n) is 8.60. The first-order valence-electron chi connectivity index (χ1n) is 11.3. The van der Waals surface area contributed by atoms with Crippen LogP contribution in [0.15, 0.2) is 6.20 Å². The monoisotopic (exact) mass is 454 g/mol. The van der Waals surface area contributed by atoms with Crippen molar-refractivity contribution in [2.45, 2.75) is 85.0 Å². The lowest BCUT2D eigenvalue weighted by molar-refractivity contribution is -0.119. The number of nitrogens with zero attached hydrogens (tertiary/aromatic N) is 2. The predicted molar refractivity (Wildman–Crippen MR) is 128 cm³/mol. The van der Waals surface area contributed by atoms with E-state index >= 15 is 0 Å². The lowest BCUT2D eigenvalue weighted by Gasteiger charge is -2.32. The normalized spacial score (nSPS) is 20.1. The molecule has 1 aromatic heterocycles. The van der Waals surface area contributed by atoms with E-state index in [-0.39, 0.29) is 17.2 Å². The average molecular weight is 454 g/mol. The van der Waals surface area contributed by atoms with Crippen molar-refractivity contribution in [3.63, 3.8) is 0 Å². The summed E-state index contributed by atoms with van der Waals surface area (Å²) in [6, 6.07) is 0.0404. The van der Waals surface area contributed by atoms with Crippen LogP contribution in [0.5, 0.6) is 0 Å². The maximum Gasteiger partial charge on any atom is 0.513 e. The summed E-state index contributed by atoms with van der Waals surface area (Å²) in [6.45, 7) is 15.7. The molecule has 3 rings (SSSR count). The van der Waals surface area contributed by atoms with Gasteiger partial charge in [-0.2, -0.15) is 0 Å². The third-order valence-corrected chi connectivity index (χ3v) is 5.15. The SMILES string of the molecule is CC1(C)OB(c2cnc([C@@H]3CCCN3C=O)[nH]2)OC1(C)C.CCC.CCNC=O.COC. The second kappa shape index (κ2) is 15.0. The van der Waals surface area contributed by atoms with E-state index in [9.17, 15) is 9.59 Å². The standard InChI is InChI=1S/C14H22BN3O3.C3H7NO.C3H8.C2H6O/c1-13(2)14(3,4)21-15(20-13)11-8-16-12(17-11)10-6-5-7-18(10)9-19;1-2-4-3-5;2*1-3-2/h8-10H,5-7H2,1-4H3,(H,16,17);3H,2H2,1H3,(H,4,5);3H2,1-2H3;1-2H3/t10-;;;/m0.../s1. The van der Waals surface area contributed by atoms with Crippen molar-refractivity contribution in [2.24, 2.45) is 0 Å². The van der Waals surface area contributed by atoms with Crippen molar-refractivity contribution in [1.82, 2.24) is 20.2 Å². The molecule has 0 spiro atoms. The summed E-state index contributed by atoms with van der Waals surface area (Å²) in [7, 11) is 2.81. The van der Waals surface area contributed by atoms with Gasteiger partial charge in [0.2, 0.25) is 12.8 Å². The predicted octanol–water partition coefficient (Wildman–Crippen LogP) is 2.43. The highest BCUT2D eigenvalue weighted by Crippen LogP contribution is 2.36. The van der Waals surface area contributed by atoms with Crippen LogP contribution < -0.4 is 10.9 Å². The summed E-state index contributed by atoms with van der Waals surface area (Å²) in [4.78, 5) is 29.8. The topological polar surface area (TPSA) is 106 Å². The molecule has 184 valence electrons. The third kappa shape index (κ3) is 8.92. The molecule has 2 fully saturated rings. The van der Waals surface area contributed by atoms with Crippen molar-refractivity contribution >= 4 is 25.5 Å². The molecule has 3 heterocycles. The number of likely N-dealkylation sites (tertiary alicyclic amines) is 1. The second-order valence-corrected chi connectivity index (χ2v) is 8.60. The van der Waals surface area contributed by atoms with Crippen LogP contribution in [0.25, 0.3) is 0 Å². The molecule has 2 aliphatic heterocycles. The average Bonchev–Trinajstić information content (AvgIpc) is 3.42. The van der Waals surface area contributed by atoms with Gasteiger partial charge in [0.15, 0.2) is 0 Å². The summed E-state index contributed by atoms with van der Waals surface area (Å²) >= 11 is 0. The van der Waals surface area contributed by atoms with Gasteiger partial charge in [-0.3, -0.25) is 9.59 Å². The Morgan fingerprint density at radius 2 is 1.75 bits per heavy atom. The first-order valence-corrected chi connectivity index (χ1v) is 11.3. The fourth-order valence-electron chi connectivity index (χ4n) is 2.90. The number of hydrogen-bond acceptors (Lipinski definition) is 6. The van der Waals surface area contributed by atoms with E-state index in [4.69, 9.17) is 9.31 Å². The smallest absolute Gasteiger partial charge is 0.398 e. The van der Waals surface area contributed by atoms with Gasteiger partial charge in [0.1, 0.15) is 5.82 Å². The van der Waals surface area contributed by atoms with Gasteiger partial charge >= 0.3 is 7.12 Å². The summed E-state index contributed by atoms with van der Waals surface area (Å²) < 4.78 is 16.3. The molecule has 1 aromatic rings. The molecule has 32 heavy (non-hydrogen) atoms. The van der Waals surface area contributed by atoms with Gasteiger partial charge in [-0.25, -0.2) is 4.98 Å². The summed E-state index contributed by atoms with van der Waals surface area (Å²) in [5.74, 6) is 0.810. The van der Waals surface area contributed by atoms with Gasteiger partial charge in [0.05, 0.1) is 22.8 Å². The molecule has 0 saturated carbocycles. The minimum absolute atomic E-state index is 0.0404. The molecule has 2 saturated heterocycles. The molecule has 2 N–H and O–H groups in total. The number of aromatic amines is 1. The number of aromatic nitrogens is 2. The number of carbonyl (C=O) groups excluding carboxylic acids is 2. The fourth-order valence-corrected chi connectivity index (χ4v) is 2.90. The van der Waals surface area contributed by atoms with E-state index in [1.807, 2.05) is 34.6 Å². The van der Waals surface area contributed by atoms with Crippen LogP contribution in [0.3, 0.4) is 0 Å². The Bertz CT molecular complexity index is 636. The summed E-state index contributed by atoms with van der Waals surface area (Å²) in [5, 5.41) is 2.43. The molecule has 0 bridgehead atoms. The summed E-state index contributed by atoms with van der Waals surface area (Å²) in [6.07, 6.45) is 6.53. The zero-order valence-corrected chi connectivity index (χ0v) is 21.4. The Morgan fingerprint density at radius 3 is 2.16 bits per heavy atom. The number of rotatable bonds is 5. The molecule has 0 radical (unpaired) electrons. The number of imidazole rings is 1. The van der Waals surface area contributed by atoms with Crippen LogP contribution in [0, 0.1) is 0 Å². The number of H-pyrrole nitrogens is 1. The first kappa shape index (κ1) is 30.1. The zero-order chi connectivity index (χ0) is 24.8. The number of carbonyl (C=O) groups is 2. The van der Waals surface area contributed by atoms with Gasteiger partial charge in [-0.05, 0) is 47.5 Å². The molecule has 2 amide bonds. The fraction of sp³-hybridized carbons (Fsp3) is 0.773. The molecular weight excluding hydrogens is 411 g/mol. The molecule has 0 aromatic carbocycles. The molecular formula is C22H43BN4O5. The van der Waals surface area contributed by atoms with Crippen LogP contribution in [0.1, 0.15) is 79.6 Å². The summed E-state index contributed by atoms with van der Waals surface area (Å²) in [5.41, 5.74) is 0.0670. The number of methoxy groups -OCH3 is 1. The Kier molecular flexibility index (Phi) is 14.1. The van der Waals surface area contributed by atoms with E-state index in [1.165, 1.54) is 6.42 Å². The Labute approximate surface area is 194 Å². The van der Waals surface area contributed by atoms with Crippen LogP contribution in [-0.4, -0.2) is 73.3 Å². The van der Waals surface area contributed by atoms with E-state index in [0.29, 0.717) is 6.41 Å². The van der Waals surface area contributed by atoms with Crippen molar-refractivity contribution in [1.29, 1.82) is 0 Å². The van der Waals surface area contributed by atoms with E-state index in [1.54, 1.807) is 25.3 Å². The number of ether oxygens (including phenoxy) is 1. The molecule has 10 heteroatoms. The van der Waals surface area contributed by atoms with Crippen LogP contribution in [-0.2, 0) is 23.6 Å². The van der Waals surface area contributed by atoms with Gasteiger partial charge < -0.3 is 29.2 Å². The van der Waals surface area contributed by atoms with E-state index in [0.717, 1.165) is 43.8 Å². The van der Waals surface area contributed by atoms with Crippen LogP contribution in [0.2, 0.25) is 0 Å². The number of hydrogen-bond donors (Lipinski definition) is 2. The van der Waals surface area contributed by atoms with E-state index < -0.39 is 7.12 Å². The minimum atomic E-state index is -0.442. The highest BCUT2D eigenvalue weighted by molar-refractivity contribution is 6.61. The highest BCUT2D eigenvalue weighted by Gasteiger charge is 2.52. The molecule has 1 atom stereocenters. The third-order valence-electron chi connectivity index (χ3n) is 5.15. The van der Waals surface area contributed by atoms with Crippen molar-refractivity contribution in [3.8, 4) is 0 Å². The molecule has 2 aliphatic rings. The lowest BCUT2D eigenvalue weighted by atomic mass is 9.86. The molecule has 0 aliphatic carbocycles. The van der Waals surface area contributed by atoms with Crippen molar-refractivity contribution in [3.05, 3.63) is 12.0 Å². The van der Waals surface area contributed by atoms with Crippen LogP contribution >= 0.6 is 0 Å². The Hall–Kier alpha value is -1.91. The maximum absolute atomic E-state index is 11.1. The minimum Gasteiger partial charge on any atom is -0.398 e. The van der Waals surface area contributed by atoms with Gasteiger partial charge in [-0.15, -0.1) is 0 Å². The first-order chi connectivity index (χ1) is 15.1. The lowest BCUT2D eigenvalue weighted by Crippen LogP contribution is -2.41. The quantitative estimate of drug-likeness (QED) is 0.523. The molecule has 0 unspecified atom stereocenters. The van der Waals surface area contributed by atoms with Gasteiger partial charge in [-0.1, -0.05) is 20.3 Å². The highest BCUT2D eigenvalue weighted by atomic mass is 16.7. The van der Waals surface area contributed by atoms with Crippen molar-refractivity contribution in [2.75, 3.05) is 27.3 Å². The van der Waals surface area contributed by atoms with Gasteiger partial charge in [0, 0.05) is 33.5 Å².